The fourth-order valence-electron chi connectivity index (χ4n) is 3.77. The zero-order valence-corrected chi connectivity index (χ0v) is 17.0. The first-order valence-electron chi connectivity index (χ1n) is 9.59. The second-order valence-corrected chi connectivity index (χ2v) is 8.59. The fraction of sp³-hybridized carbons (Fsp3) is 0.227. The fourth-order valence-corrected chi connectivity index (χ4v) is 4.84. The number of thioether (sulfide) groups is 1. The number of carbonyl (C=O) groups excluding carboxylic acids is 1. The van der Waals surface area contributed by atoms with Crippen LogP contribution in [0.5, 0.6) is 11.5 Å². The molecule has 3 aromatic rings. The van der Waals surface area contributed by atoms with Gasteiger partial charge in [0.05, 0.1) is 6.42 Å². The lowest BCUT2D eigenvalue weighted by molar-refractivity contribution is -0.142. The van der Waals surface area contributed by atoms with Crippen molar-refractivity contribution in [2.75, 3.05) is 12.4 Å². The Morgan fingerprint density at radius 2 is 2.16 bits per heavy atom. The Bertz CT molecular complexity index is 1250. The third-order valence-electron chi connectivity index (χ3n) is 5.29. The molecule has 158 valence electrons. The topological polar surface area (TPSA) is 101 Å². The van der Waals surface area contributed by atoms with Crippen LogP contribution in [0, 0.1) is 5.82 Å². The maximum Gasteiger partial charge on any atom is 0.332 e. The van der Waals surface area contributed by atoms with E-state index in [1.165, 1.54) is 23.9 Å². The summed E-state index contributed by atoms with van der Waals surface area (Å²) in [7, 11) is 0. The molecule has 2 aliphatic rings. The van der Waals surface area contributed by atoms with Gasteiger partial charge in [-0.05, 0) is 47.9 Å². The summed E-state index contributed by atoms with van der Waals surface area (Å²) < 4.78 is 24.3. The Kier molecular flexibility index (Phi) is 4.70. The molecule has 31 heavy (non-hydrogen) atoms. The van der Waals surface area contributed by atoms with E-state index in [9.17, 15) is 19.1 Å². The minimum atomic E-state index is -1.32. The van der Waals surface area contributed by atoms with Crippen molar-refractivity contribution >= 4 is 39.6 Å². The van der Waals surface area contributed by atoms with Crippen molar-refractivity contribution in [2.45, 2.75) is 18.4 Å². The highest BCUT2D eigenvalue weighted by atomic mass is 32.2. The van der Waals surface area contributed by atoms with E-state index in [4.69, 9.17) is 9.47 Å². The number of aliphatic imine (C=N–C) groups is 1. The van der Waals surface area contributed by atoms with Crippen molar-refractivity contribution in [1.29, 1.82) is 0 Å². The number of halogens is 1. The average molecular weight is 440 g/mol. The van der Waals surface area contributed by atoms with Gasteiger partial charge in [0.2, 0.25) is 0 Å². The van der Waals surface area contributed by atoms with Gasteiger partial charge in [0, 0.05) is 28.9 Å². The van der Waals surface area contributed by atoms with E-state index in [-0.39, 0.29) is 37.0 Å². The molecule has 7 nitrogen and oxygen atoms in total. The molecule has 5 rings (SSSR count). The SMILES string of the molecule is O=C1Cc2cc(OCC3=NC(Cc4cc5ccc(F)cc5[nH]4)(C(=O)O)CS3)ccc2O1. The van der Waals surface area contributed by atoms with Crippen LogP contribution in [0.15, 0.2) is 47.5 Å². The summed E-state index contributed by atoms with van der Waals surface area (Å²) in [5, 5.41) is 11.3. The summed E-state index contributed by atoms with van der Waals surface area (Å²) in [5.74, 6) is -0.303. The molecule has 0 spiro atoms. The average Bonchev–Trinajstić information content (AvgIpc) is 3.42. The maximum atomic E-state index is 13.4. The third-order valence-corrected chi connectivity index (χ3v) is 6.45. The molecule has 0 saturated heterocycles. The molecule has 0 fully saturated rings. The smallest absolute Gasteiger partial charge is 0.332 e. The van der Waals surface area contributed by atoms with E-state index in [1.54, 1.807) is 24.3 Å². The second-order valence-electron chi connectivity index (χ2n) is 7.54. The molecule has 3 heterocycles. The lowest BCUT2D eigenvalue weighted by atomic mass is 9.96. The number of carboxylic acid groups (broad SMARTS) is 1. The van der Waals surface area contributed by atoms with Crippen LogP contribution < -0.4 is 9.47 Å². The number of fused-ring (bicyclic) bond motifs is 2. The first-order chi connectivity index (χ1) is 14.9. The monoisotopic (exact) mass is 440 g/mol. The summed E-state index contributed by atoms with van der Waals surface area (Å²) >= 11 is 1.34. The number of aliphatic carboxylic acids is 1. The zero-order valence-electron chi connectivity index (χ0n) is 16.2. The molecule has 0 radical (unpaired) electrons. The number of nitrogens with zero attached hydrogens (tertiary/aromatic N) is 1. The van der Waals surface area contributed by atoms with Crippen molar-refractivity contribution in [1.82, 2.24) is 4.98 Å². The number of esters is 1. The Labute approximate surface area is 180 Å². The van der Waals surface area contributed by atoms with Gasteiger partial charge in [-0.25, -0.2) is 9.18 Å². The van der Waals surface area contributed by atoms with E-state index in [0.29, 0.717) is 27.8 Å². The molecule has 9 heteroatoms. The number of carbonyl (C=O) groups is 2. The van der Waals surface area contributed by atoms with Crippen molar-refractivity contribution in [3.63, 3.8) is 0 Å². The summed E-state index contributed by atoms with van der Waals surface area (Å²) in [6, 6.07) is 11.3. The summed E-state index contributed by atoms with van der Waals surface area (Å²) in [6.45, 7) is 0.130. The largest absolute Gasteiger partial charge is 0.487 e. The molecule has 0 saturated carbocycles. The lowest BCUT2D eigenvalue weighted by Gasteiger charge is -2.19. The highest BCUT2D eigenvalue weighted by Gasteiger charge is 2.43. The van der Waals surface area contributed by atoms with Crippen LogP contribution >= 0.6 is 11.8 Å². The number of hydrogen-bond acceptors (Lipinski definition) is 6. The highest BCUT2D eigenvalue weighted by Crippen LogP contribution is 2.34. The first kappa shape index (κ1) is 19.6. The van der Waals surface area contributed by atoms with Crippen LogP contribution in [0.1, 0.15) is 11.3 Å². The Morgan fingerprint density at radius 1 is 1.29 bits per heavy atom. The van der Waals surface area contributed by atoms with E-state index in [2.05, 4.69) is 9.98 Å². The van der Waals surface area contributed by atoms with Gasteiger partial charge < -0.3 is 19.6 Å². The van der Waals surface area contributed by atoms with Crippen LogP contribution in [-0.2, 0) is 22.4 Å². The van der Waals surface area contributed by atoms with Crippen LogP contribution in [0.2, 0.25) is 0 Å². The number of H-pyrrole nitrogens is 1. The Balaban J connectivity index is 1.32. The normalized spacial score (nSPS) is 19.9. The van der Waals surface area contributed by atoms with Gasteiger partial charge in [0.1, 0.15) is 29.0 Å². The first-order valence-corrected chi connectivity index (χ1v) is 10.6. The van der Waals surface area contributed by atoms with Crippen molar-refractivity contribution in [2.24, 2.45) is 4.99 Å². The van der Waals surface area contributed by atoms with Gasteiger partial charge in [-0.1, -0.05) is 0 Å². The molecule has 0 amide bonds. The highest BCUT2D eigenvalue weighted by molar-refractivity contribution is 8.14. The number of hydrogen-bond donors (Lipinski definition) is 2. The number of aromatic amines is 1. The van der Waals surface area contributed by atoms with E-state index in [0.717, 1.165) is 10.9 Å². The summed E-state index contributed by atoms with van der Waals surface area (Å²) in [4.78, 5) is 31.0. The summed E-state index contributed by atoms with van der Waals surface area (Å²) in [6.07, 6.45) is 0.367. The Hall–Kier alpha value is -3.33. The van der Waals surface area contributed by atoms with Crippen molar-refractivity contribution in [3.8, 4) is 11.5 Å². The molecular formula is C22H17FN2O5S. The number of aromatic nitrogens is 1. The van der Waals surface area contributed by atoms with Crippen LogP contribution in [0.3, 0.4) is 0 Å². The zero-order chi connectivity index (χ0) is 21.6. The number of nitrogens with one attached hydrogen (secondary N) is 1. The minimum absolute atomic E-state index is 0.130. The van der Waals surface area contributed by atoms with Gasteiger partial charge in [-0.2, -0.15) is 0 Å². The molecule has 2 aromatic carbocycles. The molecule has 2 N–H and O–H groups in total. The predicted octanol–water partition coefficient (Wildman–Crippen LogP) is 3.36. The summed E-state index contributed by atoms with van der Waals surface area (Å²) in [5.41, 5.74) is 0.741. The third kappa shape index (κ3) is 3.76. The molecule has 1 unspecified atom stereocenters. The molecule has 1 atom stereocenters. The van der Waals surface area contributed by atoms with E-state index < -0.39 is 11.5 Å². The predicted molar refractivity (Wildman–Crippen MR) is 113 cm³/mol. The van der Waals surface area contributed by atoms with Gasteiger partial charge in [-0.15, -0.1) is 11.8 Å². The second kappa shape index (κ2) is 7.42. The molecule has 0 aliphatic carbocycles. The van der Waals surface area contributed by atoms with Crippen molar-refractivity contribution in [3.05, 3.63) is 59.5 Å². The van der Waals surface area contributed by atoms with Crippen molar-refractivity contribution < 1.29 is 28.6 Å². The Morgan fingerprint density at radius 3 is 3.00 bits per heavy atom. The van der Waals surface area contributed by atoms with Gasteiger partial charge in [-0.3, -0.25) is 9.79 Å². The van der Waals surface area contributed by atoms with Gasteiger partial charge >= 0.3 is 11.9 Å². The molecule has 1 aromatic heterocycles. The number of benzene rings is 2. The van der Waals surface area contributed by atoms with Gasteiger partial charge in [0.25, 0.3) is 0 Å². The quantitative estimate of drug-likeness (QED) is 0.450. The number of rotatable bonds is 6. The van der Waals surface area contributed by atoms with Crippen LogP contribution in [0.25, 0.3) is 10.9 Å². The van der Waals surface area contributed by atoms with Crippen LogP contribution in [0.4, 0.5) is 4.39 Å². The van der Waals surface area contributed by atoms with Crippen LogP contribution in [-0.4, -0.2) is 45.0 Å². The lowest BCUT2D eigenvalue weighted by Crippen LogP contribution is -2.39. The van der Waals surface area contributed by atoms with E-state index in [1.807, 2.05) is 6.07 Å². The maximum absolute atomic E-state index is 13.4. The standard InChI is InChI=1S/C22H17FN2O5S/c23-14-2-1-12-5-15(24-17(12)8-14)9-22(21(27)28)11-31-19(25-22)10-29-16-3-4-18-13(6-16)7-20(26)30-18/h1-6,8,24H,7,9-11H2,(H,27,28). The number of carboxylic acids is 1. The molecule has 2 aliphatic heterocycles. The molecule has 0 bridgehead atoms. The van der Waals surface area contributed by atoms with Gasteiger partial charge in [0.15, 0.2) is 5.54 Å². The van der Waals surface area contributed by atoms with E-state index >= 15 is 0 Å². The minimum Gasteiger partial charge on any atom is -0.487 e. The molecular weight excluding hydrogens is 423 g/mol. The number of ether oxygens (including phenoxy) is 2.